The Hall–Kier alpha value is -3.93. The van der Waals surface area contributed by atoms with E-state index in [0.29, 0.717) is 19.3 Å². The first-order valence-electron chi connectivity index (χ1n) is 33.4. The zero-order chi connectivity index (χ0) is 57.1. The van der Waals surface area contributed by atoms with E-state index in [1.54, 1.807) is 0 Å². The molecule has 0 rings (SSSR count). The maximum atomic E-state index is 12.9. The lowest BCUT2D eigenvalue weighted by Crippen LogP contribution is -2.30. The van der Waals surface area contributed by atoms with Crippen LogP contribution in [0.5, 0.6) is 0 Å². The third-order valence-electron chi connectivity index (χ3n) is 14.2. The van der Waals surface area contributed by atoms with Crippen molar-refractivity contribution in [1.29, 1.82) is 0 Å². The van der Waals surface area contributed by atoms with Crippen LogP contribution in [-0.4, -0.2) is 37.2 Å². The van der Waals surface area contributed by atoms with Gasteiger partial charge in [-0.3, -0.25) is 14.4 Å². The van der Waals surface area contributed by atoms with Crippen LogP contribution in [-0.2, 0) is 28.6 Å². The molecule has 0 spiro atoms. The summed E-state index contributed by atoms with van der Waals surface area (Å²) in [5.41, 5.74) is 0. The second kappa shape index (κ2) is 66.6. The molecule has 0 fully saturated rings. The summed E-state index contributed by atoms with van der Waals surface area (Å²) in [4.78, 5) is 38.3. The van der Waals surface area contributed by atoms with Crippen molar-refractivity contribution in [2.24, 2.45) is 0 Å². The molecule has 0 N–H and O–H groups in total. The molecule has 0 heterocycles. The molecule has 0 radical (unpaired) electrons. The van der Waals surface area contributed by atoms with Crippen molar-refractivity contribution < 1.29 is 28.6 Å². The number of unbranched alkanes of at least 4 members (excludes halogenated alkanes) is 31. The van der Waals surface area contributed by atoms with Gasteiger partial charge in [0.05, 0.1) is 0 Å². The Bertz CT molecular complexity index is 1590. The monoisotopic (exact) mass is 1100 g/mol. The SMILES string of the molecule is CC/C=C\C/C=C\C/C=C\C/C=C\C/C=C\C/C=C\C/C=C\CCCCCCCCCCCCCC(=O)OCC(COC(=O)CCCCCCC/C=C\CCCCCCC)OC(=O)CCCCCCC/C=C\CCCCCCC. The fourth-order valence-electron chi connectivity index (χ4n) is 9.24. The lowest BCUT2D eigenvalue weighted by Gasteiger charge is -2.18. The van der Waals surface area contributed by atoms with Gasteiger partial charge in [0, 0.05) is 19.3 Å². The van der Waals surface area contributed by atoms with Gasteiger partial charge >= 0.3 is 17.9 Å². The van der Waals surface area contributed by atoms with Crippen molar-refractivity contribution in [3.63, 3.8) is 0 Å². The maximum absolute atomic E-state index is 12.9. The molecule has 1 atom stereocenters. The molecule has 0 amide bonds. The number of carbonyl (C=O) groups excluding carboxylic acids is 3. The molecule has 0 saturated heterocycles. The summed E-state index contributed by atoms with van der Waals surface area (Å²) >= 11 is 0. The average Bonchev–Trinajstić information content (AvgIpc) is 3.45. The van der Waals surface area contributed by atoms with Crippen LogP contribution >= 0.6 is 0 Å². The van der Waals surface area contributed by atoms with Gasteiger partial charge in [-0.05, 0) is 128 Å². The molecule has 0 aliphatic carbocycles. The van der Waals surface area contributed by atoms with Crippen molar-refractivity contribution >= 4 is 17.9 Å². The minimum atomic E-state index is -0.787. The first-order valence-corrected chi connectivity index (χ1v) is 33.4. The number of ether oxygens (including phenoxy) is 3. The van der Waals surface area contributed by atoms with Crippen LogP contribution in [0.1, 0.15) is 316 Å². The summed E-state index contributed by atoms with van der Waals surface area (Å²) in [7, 11) is 0. The topological polar surface area (TPSA) is 78.9 Å². The van der Waals surface area contributed by atoms with Crippen molar-refractivity contribution in [1.82, 2.24) is 0 Å². The summed E-state index contributed by atoms with van der Waals surface area (Å²) in [6.45, 7) is 6.51. The van der Waals surface area contributed by atoms with Crippen molar-refractivity contribution in [3.05, 3.63) is 109 Å². The van der Waals surface area contributed by atoms with Crippen molar-refractivity contribution in [3.8, 4) is 0 Å². The highest BCUT2D eigenvalue weighted by Gasteiger charge is 2.19. The molecule has 0 aromatic rings. The van der Waals surface area contributed by atoms with Crippen LogP contribution < -0.4 is 0 Å². The molecule has 0 aromatic heterocycles. The van der Waals surface area contributed by atoms with E-state index in [0.717, 1.165) is 122 Å². The molecule has 0 aromatic carbocycles. The highest BCUT2D eigenvalue weighted by Crippen LogP contribution is 2.16. The fraction of sp³-hybridized carbons (Fsp3) is 0.712. The largest absolute Gasteiger partial charge is 0.462 e. The highest BCUT2D eigenvalue weighted by molar-refractivity contribution is 5.71. The lowest BCUT2D eigenvalue weighted by molar-refractivity contribution is -0.167. The van der Waals surface area contributed by atoms with Gasteiger partial charge in [-0.1, -0.05) is 278 Å². The van der Waals surface area contributed by atoms with Crippen molar-refractivity contribution in [2.45, 2.75) is 322 Å². The first-order chi connectivity index (χ1) is 39.0. The molecule has 6 heteroatoms. The Morgan fingerprint density at radius 1 is 0.266 bits per heavy atom. The standard InChI is InChI=1S/C73H124O6/c1-4-7-10-13-16-19-22-25-28-29-30-31-32-33-34-35-36-37-38-39-40-41-42-43-44-45-46-49-51-54-57-60-63-66-72(75)78-69-70(79-73(76)67-64-61-58-55-52-48-27-24-21-18-15-12-9-6-3)68-77-71(74)65-62-59-56-53-50-47-26-23-20-17-14-11-8-5-2/h7,10,16,19,23-28,30-31,33-34,36-37,39-40,70H,4-6,8-9,11-15,17-18,20-22,29,32,35,38,41-69H2,1-3H3/b10-7-,19-16-,26-23-,27-24-,28-25-,31-30-,34-33-,37-36-,40-39-. The third-order valence-corrected chi connectivity index (χ3v) is 14.2. The van der Waals surface area contributed by atoms with Gasteiger partial charge in [0.25, 0.3) is 0 Å². The van der Waals surface area contributed by atoms with Crippen LogP contribution in [0.2, 0.25) is 0 Å². The summed E-state index contributed by atoms with van der Waals surface area (Å²) in [5, 5.41) is 0. The van der Waals surface area contributed by atoms with E-state index in [9.17, 15) is 14.4 Å². The molecule has 79 heavy (non-hydrogen) atoms. The first kappa shape index (κ1) is 75.1. The van der Waals surface area contributed by atoms with E-state index < -0.39 is 6.10 Å². The maximum Gasteiger partial charge on any atom is 0.306 e. The smallest absolute Gasteiger partial charge is 0.306 e. The van der Waals surface area contributed by atoms with Crippen LogP contribution in [0.25, 0.3) is 0 Å². The molecule has 6 nitrogen and oxygen atoms in total. The Balaban J connectivity index is 4.23. The van der Waals surface area contributed by atoms with Gasteiger partial charge in [-0.15, -0.1) is 0 Å². The predicted octanol–water partition coefficient (Wildman–Crippen LogP) is 23.0. The van der Waals surface area contributed by atoms with Crippen LogP contribution in [0.15, 0.2) is 109 Å². The van der Waals surface area contributed by atoms with E-state index in [1.807, 2.05) is 0 Å². The van der Waals surface area contributed by atoms with E-state index >= 15 is 0 Å². The van der Waals surface area contributed by atoms with Gasteiger partial charge in [0.15, 0.2) is 6.10 Å². The number of esters is 3. The van der Waals surface area contributed by atoms with Gasteiger partial charge in [-0.25, -0.2) is 0 Å². The summed E-state index contributed by atoms with van der Waals surface area (Å²) in [5.74, 6) is -0.895. The zero-order valence-electron chi connectivity index (χ0n) is 51.9. The number of allylic oxidation sites excluding steroid dienone is 18. The summed E-state index contributed by atoms with van der Waals surface area (Å²) < 4.78 is 16.9. The van der Waals surface area contributed by atoms with E-state index in [1.165, 1.54) is 154 Å². The van der Waals surface area contributed by atoms with E-state index in [4.69, 9.17) is 14.2 Å². The van der Waals surface area contributed by atoms with Gasteiger partial charge in [0.1, 0.15) is 13.2 Å². The molecular weight excluding hydrogens is 973 g/mol. The van der Waals surface area contributed by atoms with Crippen molar-refractivity contribution in [2.75, 3.05) is 13.2 Å². The second-order valence-electron chi connectivity index (χ2n) is 22.0. The van der Waals surface area contributed by atoms with Crippen LogP contribution in [0, 0.1) is 0 Å². The molecule has 452 valence electrons. The third kappa shape index (κ3) is 64.8. The molecule has 0 aliphatic rings. The minimum absolute atomic E-state index is 0.0841. The Labute approximate surface area is 489 Å². The number of carbonyl (C=O) groups is 3. The zero-order valence-corrected chi connectivity index (χ0v) is 51.9. The number of rotatable bonds is 60. The quantitative estimate of drug-likeness (QED) is 0.0261. The molecule has 0 saturated carbocycles. The van der Waals surface area contributed by atoms with Crippen LogP contribution in [0.4, 0.5) is 0 Å². The normalized spacial score (nSPS) is 12.8. The van der Waals surface area contributed by atoms with Gasteiger partial charge in [-0.2, -0.15) is 0 Å². The molecule has 0 aliphatic heterocycles. The van der Waals surface area contributed by atoms with Gasteiger partial charge in [0.2, 0.25) is 0 Å². The second-order valence-corrected chi connectivity index (χ2v) is 22.0. The van der Waals surface area contributed by atoms with Crippen LogP contribution in [0.3, 0.4) is 0 Å². The van der Waals surface area contributed by atoms with Gasteiger partial charge < -0.3 is 14.2 Å². The molecular formula is C73H124O6. The fourth-order valence-corrected chi connectivity index (χ4v) is 9.24. The van der Waals surface area contributed by atoms with E-state index in [-0.39, 0.29) is 31.1 Å². The molecule has 1 unspecified atom stereocenters. The minimum Gasteiger partial charge on any atom is -0.462 e. The predicted molar refractivity (Wildman–Crippen MR) is 343 cm³/mol. The number of hydrogen-bond donors (Lipinski definition) is 0. The average molecular weight is 1100 g/mol. The lowest BCUT2D eigenvalue weighted by atomic mass is 10.0. The summed E-state index contributed by atoms with van der Waals surface area (Å²) in [6, 6.07) is 0. The number of hydrogen-bond acceptors (Lipinski definition) is 6. The van der Waals surface area contributed by atoms with E-state index in [2.05, 4.69) is 130 Å². The molecule has 0 bridgehead atoms. The highest BCUT2D eigenvalue weighted by atomic mass is 16.6. The Kier molecular flexibility index (Phi) is 63.3. The Morgan fingerprint density at radius 3 is 0.785 bits per heavy atom. The summed E-state index contributed by atoms with van der Waals surface area (Å²) in [6.07, 6.45) is 91.0. The Morgan fingerprint density at radius 2 is 0.494 bits per heavy atom.